The fraction of sp³-hybridized carbons (Fsp3) is 0.130. The first kappa shape index (κ1) is 16.4. The van der Waals surface area contributed by atoms with Crippen LogP contribution in [0.25, 0.3) is 32.7 Å². The van der Waals surface area contributed by atoms with Crippen molar-refractivity contribution in [3.63, 3.8) is 0 Å². The predicted octanol–water partition coefficient (Wildman–Crippen LogP) is 5.65. The van der Waals surface area contributed by atoms with Crippen molar-refractivity contribution in [2.24, 2.45) is 0 Å². The average molecular weight is 344 g/mol. The van der Waals surface area contributed by atoms with Gasteiger partial charge in [-0.2, -0.15) is 0 Å². The molecule has 0 aliphatic heterocycles. The Kier molecular flexibility index (Phi) is 4.46. The third kappa shape index (κ3) is 2.76. The summed E-state index contributed by atoms with van der Waals surface area (Å²) in [6.45, 7) is 0.193. The molecule has 3 heteroatoms. The van der Waals surface area contributed by atoms with Crippen LogP contribution in [-0.2, 0) is 4.74 Å². The molecule has 26 heavy (non-hydrogen) atoms. The molecule has 0 atom stereocenters. The van der Waals surface area contributed by atoms with Gasteiger partial charge in [0.05, 0.1) is 7.11 Å². The van der Waals surface area contributed by atoms with E-state index in [1.807, 2.05) is 36.4 Å². The van der Waals surface area contributed by atoms with Gasteiger partial charge in [0.25, 0.3) is 0 Å². The van der Waals surface area contributed by atoms with Gasteiger partial charge in [-0.1, -0.05) is 60.7 Å². The van der Waals surface area contributed by atoms with Crippen LogP contribution < -0.4 is 9.47 Å². The van der Waals surface area contributed by atoms with E-state index in [1.54, 1.807) is 14.2 Å². The van der Waals surface area contributed by atoms with E-state index in [0.717, 1.165) is 44.2 Å². The van der Waals surface area contributed by atoms with Crippen LogP contribution >= 0.6 is 0 Å². The summed E-state index contributed by atoms with van der Waals surface area (Å²) in [6, 6.07) is 24.8. The quantitative estimate of drug-likeness (QED) is 0.438. The predicted molar refractivity (Wildman–Crippen MR) is 106 cm³/mol. The highest BCUT2D eigenvalue weighted by molar-refractivity contribution is 6.09. The summed E-state index contributed by atoms with van der Waals surface area (Å²) in [7, 11) is 3.33. The minimum Gasteiger partial charge on any atom is -0.496 e. The van der Waals surface area contributed by atoms with Crippen LogP contribution in [0.1, 0.15) is 0 Å². The number of fused-ring (bicyclic) bond motifs is 2. The largest absolute Gasteiger partial charge is 0.496 e. The minimum absolute atomic E-state index is 0.193. The standard InChI is InChI=1S/C23H20O3/c1-24-15-26-21-14-12-17-8-4-6-10-19(17)23(21)22-18-9-5-3-7-16(18)11-13-20(22)25-2/h3-14H,15H2,1-2H3. The Hall–Kier alpha value is -3.04. The Morgan fingerprint density at radius 1 is 0.615 bits per heavy atom. The van der Waals surface area contributed by atoms with E-state index in [0.29, 0.717) is 0 Å². The lowest BCUT2D eigenvalue weighted by molar-refractivity contribution is 0.0516. The molecule has 4 rings (SSSR count). The van der Waals surface area contributed by atoms with Gasteiger partial charge in [-0.25, -0.2) is 0 Å². The number of benzene rings is 4. The zero-order valence-corrected chi connectivity index (χ0v) is 14.9. The summed E-state index contributed by atoms with van der Waals surface area (Å²) in [6.07, 6.45) is 0. The highest BCUT2D eigenvalue weighted by Crippen LogP contribution is 2.45. The zero-order chi connectivity index (χ0) is 17.9. The van der Waals surface area contributed by atoms with Crippen LogP contribution in [0.5, 0.6) is 11.5 Å². The van der Waals surface area contributed by atoms with Crippen molar-refractivity contribution < 1.29 is 14.2 Å². The first-order chi connectivity index (χ1) is 12.8. The topological polar surface area (TPSA) is 27.7 Å². The molecule has 0 radical (unpaired) electrons. The van der Waals surface area contributed by atoms with Crippen molar-refractivity contribution in [1.82, 2.24) is 0 Å². The van der Waals surface area contributed by atoms with Crippen molar-refractivity contribution in [1.29, 1.82) is 0 Å². The van der Waals surface area contributed by atoms with Crippen LogP contribution in [0, 0.1) is 0 Å². The maximum Gasteiger partial charge on any atom is 0.188 e. The van der Waals surface area contributed by atoms with Crippen LogP contribution in [0.4, 0.5) is 0 Å². The smallest absolute Gasteiger partial charge is 0.188 e. The molecule has 0 aliphatic rings. The van der Waals surface area contributed by atoms with E-state index in [4.69, 9.17) is 14.2 Å². The van der Waals surface area contributed by atoms with E-state index in [1.165, 1.54) is 0 Å². The van der Waals surface area contributed by atoms with E-state index < -0.39 is 0 Å². The molecule has 0 heterocycles. The SMILES string of the molecule is COCOc1ccc2ccccc2c1-c1c(OC)ccc2ccccc12. The van der Waals surface area contributed by atoms with Gasteiger partial charge in [-0.3, -0.25) is 0 Å². The van der Waals surface area contributed by atoms with Gasteiger partial charge in [0.15, 0.2) is 6.79 Å². The first-order valence-corrected chi connectivity index (χ1v) is 8.53. The Morgan fingerprint density at radius 2 is 1.15 bits per heavy atom. The Morgan fingerprint density at radius 3 is 1.73 bits per heavy atom. The molecule has 0 unspecified atom stereocenters. The zero-order valence-electron chi connectivity index (χ0n) is 14.9. The molecule has 0 bridgehead atoms. The Labute approximate surface area is 152 Å². The molecule has 130 valence electrons. The van der Waals surface area contributed by atoms with Gasteiger partial charge >= 0.3 is 0 Å². The summed E-state index contributed by atoms with van der Waals surface area (Å²) in [5.74, 6) is 1.60. The Bertz CT molecular complexity index is 1070. The summed E-state index contributed by atoms with van der Waals surface area (Å²) in [4.78, 5) is 0. The Balaban J connectivity index is 2.12. The first-order valence-electron chi connectivity index (χ1n) is 8.53. The minimum atomic E-state index is 0.193. The molecule has 4 aromatic carbocycles. The van der Waals surface area contributed by atoms with Crippen molar-refractivity contribution in [3.05, 3.63) is 72.8 Å². The second-order valence-corrected chi connectivity index (χ2v) is 6.07. The second kappa shape index (κ2) is 7.06. The van der Waals surface area contributed by atoms with E-state index in [2.05, 4.69) is 36.4 Å². The van der Waals surface area contributed by atoms with E-state index >= 15 is 0 Å². The molecule has 0 saturated heterocycles. The number of methoxy groups -OCH3 is 2. The summed E-state index contributed by atoms with van der Waals surface area (Å²) < 4.78 is 16.8. The van der Waals surface area contributed by atoms with Gasteiger partial charge in [0.1, 0.15) is 11.5 Å². The van der Waals surface area contributed by atoms with Gasteiger partial charge in [0, 0.05) is 18.2 Å². The van der Waals surface area contributed by atoms with Gasteiger partial charge in [0.2, 0.25) is 0 Å². The third-order valence-corrected chi connectivity index (χ3v) is 4.58. The normalized spacial score (nSPS) is 11.0. The lowest BCUT2D eigenvalue weighted by Crippen LogP contribution is -2.01. The fourth-order valence-electron chi connectivity index (χ4n) is 3.43. The highest BCUT2D eigenvalue weighted by atomic mass is 16.7. The number of rotatable bonds is 5. The van der Waals surface area contributed by atoms with Crippen LogP contribution in [0.3, 0.4) is 0 Å². The van der Waals surface area contributed by atoms with E-state index in [-0.39, 0.29) is 6.79 Å². The molecule has 0 amide bonds. The lowest BCUT2D eigenvalue weighted by Gasteiger charge is -2.18. The van der Waals surface area contributed by atoms with Crippen molar-refractivity contribution in [3.8, 4) is 22.6 Å². The van der Waals surface area contributed by atoms with Crippen LogP contribution in [-0.4, -0.2) is 21.0 Å². The summed E-state index contributed by atoms with van der Waals surface area (Å²) >= 11 is 0. The summed E-state index contributed by atoms with van der Waals surface area (Å²) in [5, 5.41) is 4.57. The molecule has 3 nitrogen and oxygen atoms in total. The average Bonchev–Trinajstić information content (AvgIpc) is 2.71. The highest BCUT2D eigenvalue weighted by Gasteiger charge is 2.18. The molecule has 0 N–H and O–H groups in total. The second-order valence-electron chi connectivity index (χ2n) is 6.07. The van der Waals surface area contributed by atoms with Gasteiger partial charge < -0.3 is 14.2 Å². The number of hydrogen-bond donors (Lipinski definition) is 0. The lowest BCUT2D eigenvalue weighted by atomic mass is 9.92. The van der Waals surface area contributed by atoms with Gasteiger partial charge in [-0.05, 0) is 33.7 Å². The monoisotopic (exact) mass is 344 g/mol. The van der Waals surface area contributed by atoms with Crippen LogP contribution in [0.15, 0.2) is 72.8 Å². The molecule has 0 aliphatic carbocycles. The maximum absolute atomic E-state index is 5.92. The van der Waals surface area contributed by atoms with Crippen LogP contribution in [0.2, 0.25) is 0 Å². The number of hydrogen-bond acceptors (Lipinski definition) is 3. The van der Waals surface area contributed by atoms with Crippen molar-refractivity contribution >= 4 is 21.5 Å². The van der Waals surface area contributed by atoms with Crippen molar-refractivity contribution in [2.45, 2.75) is 0 Å². The van der Waals surface area contributed by atoms with Crippen molar-refractivity contribution in [2.75, 3.05) is 21.0 Å². The maximum atomic E-state index is 5.92. The third-order valence-electron chi connectivity index (χ3n) is 4.58. The molecule has 0 aromatic heterocycles. The summed E-state index contributed by atoms with van der Waals surface area (Å²) in [5.41, 5.74) is 2.06. The molecular formula is C23H20O3. The number of ether oxygens (including phenoxy) is 3. The molecular weight excluding hydrogens is 324 g/mol. The molecule has 0 fully saturated rings. The van der Waals surface area contributed by atoms with E-state index in [9.17, 15) is 0 Å². The fourth-order valence-corrected chi connectivity index (χ4v) is 3.43. The van der Waals surface area contributed by atoms with Gasteiger partial charge in [-0.15, -0.1) is 0 Å². The molecule has 0 saturated carbocycles. The molecule has 4 aromatic rings. The molecule has 0 spiro atoms.